The summed E-state index contributed by atoms with van der Waals surface area (Å²) in [7, 11) is 1.91. The van der Waals surface area contributed by atoms with E-state index in [0.717, 1.165) is 38.8 Å². The molecule has 0 amide bonds. The maximum atomic E-state index is 12.8. The average molecular weight is 434 g/mol. The zero-order chi connectivity index (χ0) is 21.8. The number of nitrogens with one attached hydrogen (secondary N) is 1. The number of nitrogens with zero attached hydrogens (tertiary/aromatic N) is 2. The number of hydrogen-bond donors (Lipinski definition) is 3. The Morgan fingerprint density at radius 2 is 2.03 bits per heavy atom. The highest BCUT2D eigenvalue weighted by Crippen LogP contribution is 2.49. The number of phenolic OH excluding ortho intramolecular Hbond substituents is 1. The number of fused-ring (bicyclic) bond motifs is 1. The van der Waals surface area contributed by atoms with Crippen molar-refractivity contribution < 1.29 is 15.0 Å². The Morgan fingerprint density at radius 3 is 2.63 bits per heavy atom. The van der Waals surface area contributed by atoms with Crippen LogP contribution in [-0.4, -0.2) is 51.3 Å². The minimum absolute atomic E-state index is 0.0461. The van der Waals surface area contributed by atoms with Gasteiger partial charge in [-0.25, -0.2) is 4.79 Å². The Hall–Kier alpha value is -2.09. The molecule has 1 aromatic carbocycles. The van der Waals surface area contributed by atoms with Gasteiger partial charge in [-0.2, -0.15) is 0 Å². The lowest BCUT2D eigenvalue weighted by Gasteiger charge is -2.36. The van der Waals surface area contributed by atoms with Crippen LogP contribution in [-0.2, 0) is 0 Å². The van der Waals surface area contributed by atoms with Crippen LogP contribution in [0.1, 0.15) is 67.5 Å². The van der Waals surface area contributed by atoms with Crippen molar-refractivity contribution in [1.82, 2.24) is 14.8 Å². The van der Waals surface area contributed by atoms with E-state index in [9.17, 15) is 19.8 Å². The van der Waals surface area contributed by atoms with Crippen LogP contribution in [0.25, 0.3) is 10.9 Å². The molecular weight excluding hydrogens is 406 g/mol. The fourth-order valence-corrected chi connectivity index (χ4v) is 5.21. The molecular formula is C22H28ClN3O4. The number of pyridine rings is 1. The summed E-state index contributed by atoms with van der Waals surface area (Å²) in [4.78, 5) is 26.8. The lowest BCUT2D eigenvalue weighted by molar-refractivity contribution is 0.0694. The van der Waals surface area contributed by atoms with Gasteiger partial charge < -0.3 is 20.1 Å². The Labute approximate surface area is 180 Å². The van der Waals surface area contributed by atoms with Gasteiger partial charge in [0.15, 0.2) is 0 Å². The van der Waals surface area contributed by atoms with E-state index in [2.05, 4.69) is 24.1 Å². The summed E-state index contributed by atoms with van der Waals surface area (Å²) in [5.41, 5.74) is 0.199. The van der Waals surface area contributed by atoms with E-state index in [1.165, 1.54) is 12.3 Å². The van der Waals surface area contributed by atoms with Crippen molar-refractivity contribution in [2.45, 2.75) is 57.2 Å². The molecule has 2 aromatic rings. The van der Waals surface area contributed by atoms with E-state index in [0.29, 0.717) is 16.1 Å². The summed E-state index contributed by atoms with van der Waals surface area (Å²) in [6, 6.07) is 1.46. The van der Waals surface area contributed by atoms with Crippen molar-refractivity contribution in [2.24, 2.45) is 0 Å². The van der Waals surface area contributed by atoms with Gasteiger partial charge in [-0.1, -0.05) is 11.6 Å². The standard InChI is InChI=1S/C22H28ClN3O4/c1-22(2)7-6-15(26(22)9-8-24-3)17-16(27)10-13-19(18(17)23)25(12-4-5-12)11-14(20(13)28)21(29)30/h10-12,15,24,27H,4-9H2,1-3H3,(H,29,30). The summed E-state index contributed by atoms with van der Waals surface area (Å²) in [6.07, 6.45) is 5.04. The van der Waals surface area contributed by atoms with Gasteiger partial charge in [-0.3, -0.25) is 9.69 Å². The number of carbonyl (C=O) groups is 1. The molecule has 1 unspecified atom stereocenters. The molecule has 30 heavy (non-hydrogen) atoms. The Morgan fingerprint density at radius 1 is 1.33 bits per heavy atom. The van der Waals surface area contributed by atoms with Crippen LogP contribution < -0.4 is 10.7 Å². The molecule has 1 saturated carbocycles. The van der Waals surface area contributed by atoms with Crippen LogP contribution in [0.4, 0.5) is 0 Å². The summed E-state index contributed by atoms with van der Waals surface area (Å²) in [5, 5.41) is 24.1. The van der Waals surface area contributed by atoms with Crippen molar-refractivity contribution >= 4 is 28.5 Å². The second-order valence-corrected chi connectivity index (χ2v) is 9.38. The van der Waals surface area contributed by atoms with Gasteiger partial charge in [0.05, 0.1) is 15.9 Å². The molecule has 162 valence electrons. The van der Waals surface area contributed by atoms with Crippen molar-refractivity contribution in [3.05, 3.63) is 38.6 Å². The lowest BCUT2D eigenvalue weighted by atomic mass is 9.99. The fourth-order valence-electron chi connectivity index (χ4n) is 4.79. The van der Waals surface area contributed by atoms with E-state index in [-0.39, 0.29) is 34.3 Å². The number of aromatic hydroxyl groups is 1. The van der Waals surface area contributed by atoms with Gasteiger partial charge in [0.25, 0.3) is 0 Å². The molecule has 8 heteroatoms. The lowest BCUT2D eigenvalue weighted by Crippen LogP contribution is -2.43. The van der Waals surface area contributed by atoms with Crippen LogP contribution in [0.3, 0.4) is 0 Å². The molecule has 0 spiro atoms. The Kier molecular flexibility index (Phi) is 5.33. The van der Waals surface area contributed by atoms with E-state index in [1.54, 1.807) is 0 Å². The van der Waals surface area contributed by atoms with E-state index in [4.69, 9.17) is 11.6 Å². The molecule has 1 aliphatic heterocycles. The maximum Gasteiger partial charge on any atom is 0.341 e. The first kappa shape index (κ1) is 21.2. The second-order valence-electron chi connectivity index (χ2n) is 9.00. The second kappa shape index (κ2) is 7.55. The van der Waals surface area contributed by atoms with Gasteiger partial charge in [-0.15, -0.1) is 0 Å². The molecule has 2 fully saturated rings. The number of likely N-dealkylation sites (tertiary alicyclic amines) is 1. The Balaban J connectivity index is 1.94. The topological polar surface area (TPSA) is 94.8 Å². The number of carboxylic acids is 1. The normalized spacial score (nSPS) is 21.4. The van der Waals surface area contributed by atoms with Crippen LogP contribution in [0.15, 0.2) is 17.1 Å². The smallest absolute Gasteiger partial charge is 0.341 e. The number of halogens is 1. The zero-order valence-corrected chi connectivity index (χ0v) is 18.3. The first-order chi connectivity index (χ1) is 14.2. The number of aromatic carboxylic acids is 1. The van der Waals surface area contributed by atoms with E-state index >= 15 is 0 Å². The SMILES string of the molecule is CNCCN1C(c2c(O)cc3c(=O)c(C(=O)O)cn(C4CC4)c3c2Cl)CCC1(C)C. The van der Waals surface area contributed by atoms with Crippen LogP contribution >= 0.6 is 11.6 Å². The van der Waals surface area contributed by atoms with Gasteiger partial charge in [0.1, 0.15) is 11.3 Å². The van der Waals surface area contributed by atoms with Gasteiger partial charge in [0, 0.05) is 42.5 Å². The number of phenols is 1. The molecule has 4 rings (SSSR count). The predicted molar refractivity (Wildman–Crippen MR) is 117 cm³/mol. The summed E-state index contributed by atoms with van der Waals surface area (Å²) in [6.45, 7) is 5.98. The average Bonchev–Trinajstić information content (AvgIpc) is 3.46. The summed E-state index contributed by atoms with van der Waals surface area (Å²) >= 11 is 6.89. The number of likely N-dealkylation sites (N-methyl/N-ethyl adjacent to an activating group) is 1. The molecule has 1 aliphatic carbocycles. The largest absolute Gasteiger partial charge is 0.508 e. The monoisotopic (exact) mass is 433 g/mol. The minimum Gasteiger partial charge on any atom is -0.508 e. The Bertz CT molecular complexity index is 1070. The van der Waals surface area contributed by atoms with Gasteiger partial charge in [-0.05, 0) is 52.6 Å². The molecule has 1 aromatic heterocycles. The molecule has 7 nitrogen and oxygen atoms in total. The van der Waals surface area contributed by atoms with Crippen molar-refractivity contribution in [3.63, 3.8) is 0 Å². The van der Waals surface area contributed by atoms with E-state index < -0.39 is 11.4 Å². The molecule has 2 aliphatic rings. The van der Waals surface area contributed by atoms with Gasteiger partial charge >= 0.3 is 5.97 Å². The van der Waals surface area contributed by atoms with Crippen molar-refractivity contribution in [2.75, 3.05) is 20.1 Å². The van der Waals surface area contributed by atoms with Crippen molar-refractivity contribution in [3.8, 4) is 5.75 Å². The highest BCUT2D eigenvalue weighted by molar-refractivity contribution is 6.36. The first-order valence-corrected chi connectivity index (χ1v) is 10.8. The maximum absolute atomic E-state index is 12.8. The quantitative estimate of drug-likeness (QED) is 0.645. The van der Waals surface area contributed by atoms with E-state index in [1.807, 2.05) is 11.6 Å². The zero-order valence-electron chi connectivity index (χ0n) is 17.5. The highest BCUT2D eigenvalue weighted by Gasteiger charge is 2.42. The first-order valence-electron chi connectivity index (χ1n) is 10.4. The highest BCUT2D eigenvalue weighted by atomic mass is 35.5. The van der Waals surface area contributed by atoms with Crippen LogP contribution in [0.5, 0.6) is 5.75 Å². The van der Waals surface area contributed by atoms with Crippen LogP contribution in [0, 0.1) is 0 Å². The third-order valence-corrected chi connectivity index (χ3v) is 6.94. The number of carboxylic acid groups (broad SMARTS) is 1. The number of hydrogen-bond acceptors (Lipinski definition) is 5. The molecule has 0 radical (unpaired) electrons. The molecule has 1 atom stereocenters. The molecule has 0 bridgehead atoms. The fraction of sp³-hybridized carbons (Fsp3) is 0.545. The van der Waals surface area contributed by atoms with Crippen LogP contribution in [0.2, 0.25) is 5.02 Å². The number of benzene rings is 1. The predicted octanol–water partition coefficient (Wildman–Crippen LogP) is 3.53. The molecule has 1 saturated heterocycles. The minimum atomic E-state index is -1.27. The third kappa shape index (κ3) is 3.39. The summed E-state index contributed by atoms with van der Waals surface area (Å²) < 4.78 is 1.82. The number of rotatable bonds is 6. The molecule has 2 heterocycles. The summed E-state index contributed by atoms with van der Waals surface area (Å²) in [5.74, 6) is -1.32. The molecule has 3 N–H and O–H groups in total. The van der Waals surface area contributed by atoms with Gasteiger partial charge in [0.2, 0.25) is 5.43 Å². The number of aromatic nitrogens is 1. The van der Waals surface area contributed by atoms with Crippen molar-refractivity contribution in [1.29, 1.82) is 0 Å². The third-order valence-electron chi connectivity index (χ3n) is 6.56.